The minimum atomic E-state index is -3.21. The van der Waals surface area contributed by atoms with Gasteiger partial charge in [0.05, 0.1) is 6.10 Å². The molecule has 0 aromatic heterocycles. The van der Waals surface area contributed by atoms with Gasteiger partial charge < -0.3 is 55.1 Å². The SMILES string of the molecule is C[C@@H]1O[C@](O)(C(=O)O[C@H]2[C@H](O)[C@H](O)[C@H](O)O[C@H]2C(=O)O)[C@@H](O)[C@@H](O)[C@@H]1O. The lowest BCUT2D eigenvalue weighted by molar-refractivity contribution is -0.341. The molecule has 0 aliphatic carbocycles. The number of hydrogen-bond donors (Lipinski definition) is 8. The molecular formula is C13H20O13. The van der Waals surface area contributed by atoms with E-state index in [0.29, 0.717) is 0 Å². The molecular weight excluding hydrogens is 364 g/mol. The van der Waals surface area contributed by atoms with E-state index in [2.05, 4.69) is 9.47 Å². The predicted molar refractivity (Wildman–Crippen MR) is 73.9 cm³/mol. The fraction of sp³-hybridized carbons (Fsp3) is 0.846. The number of carbonyl (C=O) groups excluding carboxylic acids is 1. The van der Waals surface area contributed by atoms with Gasteiger partial charge in [0.2, 0.25) is 0 Å². The Hall–Kier alpha value is -1.42. The normalized spacial score (nSPS) is 49.5. The zero-order valence-electron chi connectivity index (χ0n) is 13.3. The molecule has 8 N–H and O–H groups in total. The van der Waals surface area contributed by atoms with Crippen molar-refractivity contribution < 1.29 is 64.7 Å². The Morgan fingerprint density at radius 2 is 1.54 bits per heavy atom. The molecule has 0 saturated carbocycles. The molecule has 2 rings (SSSR count). The Bertz CT molecular complexity index is 554. The maximum atomic E-state index is 12.2. The molecule has 2 heterocycles. The molecule has 26 heavy (non-hydrogen) atoms. The number of carboxylic acid groups (broad SMARTS) is 1. The van der Waals surface area contributed by atoms with Crippen LogP contribution in [0.1, 0.15) is 6.92 Å². The first-order chi connectivity index (χ1) is 11.9. The zero-order valence-corrected chi connectivity index (χ0v) is 13.3. The molecule has 2 fully saturated rings. The van der Waals surface area contributed by atoms with Crippen molar-refractivity contribution in [2.24, 2.45) is 0 Å². The van der Waals surface area contributed by atoms with E-state index < -0.39 is 72.8 Å². The Morgan fingerprint density at radius 3 is 2.08 bits per heavy atom. The van der Waals surface area contributed by atoms with E-state index in [1.165, 1.54) is 0 Å². The molecule has 0 spiro atoms. The van der Waals surface area contributed by atoms with E-state index in [1.807, 2.05) is 0 Å². The summed E-state index contributed by atoms with van der Waals surface area (Å²) in [6.45, 7) is 1.16. The van der Waals surface area contributed by atoms with Gasteiger partial charge in [0, 0.05) is 0 Å². The summed E-state index contributed by atoms with van der Waals surface area (Å²) in [6, 6.07) is 0. The molecule has 2 aliphatic heterocycles. The van der Waals surface area contributed by atoms with Crippen LogP contribution in [0.4, 0.5) is 0 Å². The van der Waals surface area contributed by atoms with Crippen molar-refractivity contribution >= 4 is 11.9 Å². The quantitative estimate of drug-likeness (QED) is 0.213. The maximum absolute atomic E-state index is 12.2. The van der Waals surface area contributed by atoms with Crippen molar-refractivity contribution in [1.29, 1.82) is 0 Å². The Kier molecular flexibility index (Phi) is 5.86. The third-order valence-corrected chi connectivity index (χ3v) is 4.26. The summed E-state index contributed by atoms with van der Waals surface area (Å²) in [4.78, 5) is 23.4. The van der Waals surface area contributed by atoms with Gasteiger partial charge in [0.15, 0.2) is 18.5 Å². The van der Waals surface area contributed by atoms with Crippen LogP contribution < -0.4 is 0 Å². The summed E-state index contributed by atoms with van der Waals surface area (Å²) < 4.78 is 14.0. The first-order valence-electron chi connectivity index (χ1n) is 7.49. The van der Waals surface area contributed by atoms with Gasteiger partial charge in [-0.3, -0.25) is 0 Å². The van der Waals surface area contributed by atoms with E-state index in [1.54, 1.807) is 0 Å². The number of ether oxygens (including phenoxy) is 3. The second-order valence-electron chi connectivity index (χ2n) is 6.08. The van der Waals surface area contributed by atoms with Crippen molar-refractivity contribution in [2.45, 2.75) is 67.8 Å². The van der Waals surface area contributed by atoms with Gasteiger partial charge in [0.25, 0.3) is 5.79 Å². The maximum Gasteiger partial charge on any atom is 0.370 e. The first-order valence-corrected chi connectivity index (χ1v) is 7.49. The molecule has 0 aromatic rings. The van der Waals surface area contributed by atoms with Crippen LogP contribution in [0.15, 0.2) is 0 Å². The predicted octanol–water partition coefficient (Wildman–Crippen LogP) is -5.39. The minimum Gasteiger partial charge on any atom is -0.479 e. The lowest BCUT2D eigenvalue weighted by Crippen LogP contribution is -2.69. The largest absolute Gasteiger partial charge is 0.479 e. The second kappa shape index (κ2) is 7.30. The van der Waals surface area contributed by atoms with Crippen LogP contribution in [-0.2, 0) is 23.8 Å². The zero-order chi connectivity index (χ0) is 20.0. The average molecular weight is 384 g/mol. The summed E-state index contributed by atoms with van der Waals surface area (Å²) in [5, 5.41) is 77.1. The molecule has 10 atom stereocenters. The van der Waals surface area contributed by atoms with Crippen LogP contribution in [0, 0.1) is 0 Å². The monoisotopic (exact) mass is 384 g/mol. The molecule has 0 radical (unpaired) electrons. The fourth-order valence-electron chi connectivity index (χ4n) is 2.68. The molecule has 13 nitrogen and oxygen atoms in total. The number of esters is 1. The molecule has 2 aliphatic rings. The van der Waals surface area contributed by atoms with E-state index in [4.69, 9.17) is 9.84 Å². The lowest BCUT2D eigenvalue weighted by Gasteiger charge is -2.44. The van der Waals surface area contributed by atoms with Crippen LogP contribution in [0.3, 0.4) is 0 Å². The molecule has 0 bridgehead atoms. The van der Waals surface area contributed by atoms with E-state index in [0.717, 1.165) is 6.92 Å². The highest BCUT2D eigenvalue weighted by molar-refractivity contribution is 5.80. The fourth-order valence-corrected chi connectivity index (χ4v) is 2.68. The third kappa shape index (κ3) is 3.40. The lowest BCUT2D eigenvalue weighted by atomic mass is 9.92. The van der Waals surface area contributed by atoms with Crippen molar-refractivity contribution in [2.75, 3.05) is 0 Å². The van der Waals surface area contributed by atoms with Crippen LogP contribution >= 0.6 is 0 Å². The van der Waals surface area contributed by atoms with E-state index in [9.17, 15) is 45.3 Å². The summed E-state index contributed by atoms with van der Waals surface area (Å²) in [5.74, 6) is -6.79. The number of aliphatic hydroxyl groups is 7. The molecule has 2 saturated heterocycles. The summed E-state index contributed by atoms with van der Waals surface area (Å²) in [7, 11) is 0. The Labute approximate surface area is 145 Å². The number of hydrogen-bond acceptors (Lipinski definition) is 12. The van der Waals surface area contributed by atoms with Gasteiger partial charge in [-0.1, -0.05) is 0 Å². The highest BCUT2D eigenvalue weighted by Crippen LogP contribution is 2.31. The van der Waals surface area contributed by atoms with Gasteiger partial charge in [-0.05, 0) is 6.92 Å². The number of aliphatic carboxylic acids is 1. The smallest absolute Gasteiger partial charge is 0.370 e. The van der Waals surface area contributed by atoms with Crippen LogP contribution in [0.2, 0.25) is 0 Å². The minimum absolute atomic E-state index is 1.16. The summed E-state index contributed by atoms with van der Waals surface area (Å²) in [5.41, 5.74) is 0. The van der Waals surface area contributed by atoms with Gasteiger partial charge in [-0.15, -0.1) is 0 Å². The van der Waals surface area contributed by atoms with Gasteiger partial charge in [0.1, 0.15) is 30.5 Å². The second-order valence-corrected chi connectivity index (χ2v) is 6.08. The van der Waals surface area contributed by atoms with E-state index in [-0.39, 0.29) is 0 Å². The molecule has 150 valence electrons. The highest BCUT2D eigenvalue weighted by atomic mass is 16.7. The number of rotatable bonds is 3. The molecule has 0 amide bonds. The Morgan fingerprint density at radius 1 is 0.962 bits per heavy atom. The number of carboxylic acids is 1. The highest BCUT2D eigenvalue weighted by Gasteiger charge is 2.59. The van der Waals surface area contributed by atoms with Gasteiger partial charge >= 0.3 is 11.9 Å². The molecule has 13 heteroatoms. The van der Waals surface area contributed by atoms with Crippen molar-refractivity contribution in [1.82, 2.24) is 0 Å². The number of aliphatic hydroxyl groups excluding tert-OH is 6. The van der Waals surface area contributed by atoms with Crippen molar-refractivity contribution in [3.63, 3.8) is 0 Å². The van der Waals surface area contributed by atoms with Crippen LogP contribution in [0.5, 0.6) is 0 Å². The molecule has 0 unspecified atom stereocenters. The van der Waals surface area contributed by atoms with Crippen LogP contribution in [-0.4, -0.2) is 114 Å². The Balaban J connectivity index is 2.24. The summed E-state index contributed by atoms with van der Waals surface area (Å²) in [6.07, 6.45) is -17.8. The standard InChI is InChI=1S/C13H20O13/c1-2-3(14)5(16)9(18)13(23,26-2)12(22)25-7-4(15)6(17)11(21)24-8(7)10(19)20/h2-9,11,14-18,21,23H,1H3,(H,19,20)/t2-,3+,4+,5-,6-,7-,8+,9-,11+,13-/m0/s1. The third-order valence-electron chi connectivity index (χ3n) is 4.26. The topological polar surface area (TPSA) is 224 Å². The van der Waals surface area contributed by atoms with Gasteiger partial charge in [-0.2, -0.15) is 0 Å². The number of carbonyl (C=O) groups is 2. The molecule has 0 aromatic carbocycles. The van der Waals surface area contributed by atoms with E-state index >= 15 is 0 Å². The summed E-state index contributed by atoms with van der Waals surface area (Å²) >= 11 is 0. The average Bonchev–Trinajstić information content (AvgIpc) is 2.58. The van der Waals surface area contributed by atoms with Crippen molar-refractivity contribution in [3.05, 3.63) is 0 Å². The van der Waals surface area contributed by atoms with Crippen LogP contribution in [0.25, 0.3) is 0 Å². The van der Waals surface area contributed by atoms with Gasteiger partial charge in [-0.25, -0.2) is 9.59 Å². The first kappa shape index (κ1) is 20.9. The van der Waals surface area contributed by atoms with Crippen molar-refractivity contribution in [3.8, 4) is 0 Å².